The molecule has 6 heteroatoms. The number of aromatic hydroxyl groups is 1. The van der Waals surface area contributed by atoms with Gasteiger partial charge in [-0.15, -0.1) is 0 Å². The van der Waals surface area contributed by atoms with Crippen molar-refractivity contribution >= 4 is 27.5 Å². The first kappa shape index (κ1) is 15.5. The first-order chi connectivity index (χ1) is 9.97. The number of hydrogen-bond acceptors (Lipinski definition) is 3. The molecule has 0 saturated heterocycles. The number of amides is 1. The molecule has 4 nitrogen and oxygen atoms in total. The number of halogens is 2. The van der Waals surface area contributed by atoms with Gasteiger partial charge in [0.05, 0.1) is 11.7 Å². The summed E-state index contributed by atoms with van der Waals surface area (Å²) in [6.07, 6.45) is 0.290. The summed E-state index contributed by atoms with van der Waals surface area (Å²) in [6, 6.07) is 10.0. The van der Waals surface area contributed by atoms with Gasteiger partial charge in [0.25, 0.3) is 0 Å². The largest absolute Gasteiger partial charge is 0.508 e. The number of carbonyl (C=O) groups is 1. The van der Waals surface area contributed by atoms with Crippen molar-refractivity contribution < 1.29 is 14.3 Å². The predicted octanol–water partition coefficient (Wildman–Crippen LogP) is 2.80. The van der Waals surface area contributed by atoms with Crippen LogP contribution < -0.4 is 11.1 Å². The molecule has 0 aliphatic carbocycles. The minimum atomic E-state index is -0.818. The van der Waals surface area contributed by atoms with Crippen LogP contribution in [-0.4, -0.2) is 17.1 Å². The highest BCUT2D eigenvalue weighted by Crippen LogP contribution is 2.25. The number of benzene rings is 2. The Labute approximate surface area is 129 Å². The smallest absolute Gasteiger partial charge is 0.241 e. The summed E-state index contributed by atoms with van der Waals surface area (Å²) in [6.45, 7) is 0. The van der Waals surface area contributed by atoms with Gasteiger partial charge in [0.2, 0.25) is 5.91 Å². The van der Waals surface area contributed by atoms with Crippen LogP contribution in [0, 0.1) is 5.82 Å². The standard InChI is InChI=1S/C15H14BrFN2O2/c16-11-2-1-3-12(17)14(11)19-15(21)13(18)8-9-4-6-10(20)7-5-9/h1-7,13,20H,8,18H2,(H,19,21)/t13-/m1/s1. The highest BCUT2D eigenvalue weighted by atomic mass is 79.9. The maximum atomic E-state index is 13.6. The Balaban J connectivity index is 2.04. The van der Waals surface area contributed by atoms with Gasteiger partial charge in [-0.25, -0.2) is 4.39 Å². The van der Waals surface area contributed by atoms with E-state index in [4.69, 9.17) is 5.73 Å². The zero-order valence-electron chi connectivity index (χ0n) is 11.0. The van der Waals surface area contributed by atoms with Crippen LogP contribution in [-0.2, 0) is 11.2 Å². The third-order valence-electron chi connectivity index (χ3n) is 2.94. The minimum Gasteiger partial charge on any atom is -0.508 e. The molecule has 21 heavy (non-hydrogen) atoms. The second kappa shape index (κ2) is 6.69. The molecule has 2 aromatic carbocycles. The molecule has 0 aromatic heterocycles. The van der Waals surface area contributed by atoms with Crippen LogP contribution in [0.2, 0.25) is 0 Å². The summed E-state index contributed by atoms with van der Waals surface area (Å²) >= 11 is 3.18. The molecule has 0 saturated carbocycles. The van der Waals surface area contributed by atoms with E-state index in [0.29, 0.717) is 4.47 Å². The lowest BCUT2D eigenvalue weighted by molar-refractivity contribution is -0.117. The molecule has 0 fully saturated rings. The van der Waals surface area contributed by atoms with Crippen LogP contribution in [0.25, 0.3) is 0 Å². The van der Waals surface area contributed by atoms with Crippen LogP contribution in [0.1, 0.15) is 5.56 Å². The number of nitrogens with one attached hydrogen (secondary N) is 1. The fourth-order valence-electron chi connectivity index (χ4n) is 1.81. The van der Waals surface area contributed by atoms with Crippen LogP contribution in [0.15, 0.2) is 46.9 Å². The Bertz CT molecular complexity index is 626. The number of anilines is 1. The van der Waals surface area contributed by atoms with Gasteiger partial charge in [0, 0.05) is 4.47 Å². The number of carbonyl (C=O) groups excluding carboxylic acids is 1. The van der Waals surface area contributed by atoms with E-state index in [2.05, 4.69) is 21.2 Å². The lowest BCUT2D eigenvalue weighted by atomic mass is 10.1. The molecule has 1 atom stereocenters. The van der Waals surface area contributed by atoms with Gasteiger partial charge >= 0.3 is 0 Å². The fraction of sp³-hybridized carbons (Fsp3) is 0.133. The molecular formula is C15H14BrFN2O2. The molecule has 0 heterocycles. The zero-order chi connectivity index (χ0) is 15.4. The Hall–Kier alpha value is -1.92. The molecule has 4 N–H and O–H groups in total. The third-order valence-corrected chi connectivity index (χ3v) is 3.60. The van der Waals surface area contributed by atoms with Crippen LogP contribution >= 0.6 is 15.9 Å². The second-order valence-electron chi connectivity index (χ2n) is 4.56. The zero-order valence-corrected chi connectivity index (χ0v) is 12.6. The Morgan fingerprint density at radius 1 is 1.29 bits per heavy atom. The van der Waals surface area contributed by atoms with Gasteiger partial charge in [-0.3, -0.25) is 4.79 Å². The van der Waals surface area contributed by atoms with Crippen molar-refractivity contribution in [3.63, 3.8) is 0 Å². The number of para-hydroxylation sites is 1. The van der Waals surface area contributed by atoms with Gasteiger partial charge in [-0.05, 0) is 52.2 Å². The van der Waals surface area contributed by atoms with Crippen molar-refractivity contribution in [2.24, 2.45) is 5.73 Å². The molecule has 0 aliphatic heterocycles. The summed E-state index contributed by atoms with van der Waals surface area (Å²) in [5.74, 6) is -0.865. The maximum Gasteiger partial charge on any atom is 0.241 e. The fourth-order valence-corrected chi connectivity index (χ4v) is 2.25. The summed E-state index contributed by atoms with van der Waals surface area (Å²) in [5, 5.41) is 11.7. The molecule has 1 amide bonds. The first-order valence-corrected chi connectivity index (χ1v) is 7.05. The van der Waals surface area contributed by atoms with Crippen molar-refractivity contribution in [2.75, 3.05) is 5.32 Å². The van der Waals surface area contributed by atoms with Crippen LogP contribution in [0.5, 0.6) is 5.75 Å². The summed E-state index contributed by atoms with van der Waals surface area (Å²) in [7, 11) is 0. The van der Waals surface area contributed by atoms with E-state index in [1.807, 2.05) is 0 Å². The van der Waals surface area contributed by atoms with Crippen LogP contribution in [0.3, 0.4) is 0 Å². The lowest BCUT2D eigenvalue weighted by Gasteiger charge is -2.14. The Morgan fingerprint density at radius 2 is 1.95 bits per heavy atom. The summed E-state index contributed by atoms with van der Waals surface area (Å²) in [5.41, 5.74) is 6.70. The number of nitrogens with two attached hydrogens (primary N) is 1. The topological polar surface area (TPSA) is 75.3 Å². The van der Waals surface area contributed by atoms with Crippen molar-refractivity contribution in [2.45, 2.75) is 12.5 Å². The van der Waals surface area contributed by atoms with Crippen molar-refractivity contribution in [1.82, 2.24) is 0 Å². The van der Waals surface area contributed by atoms with Gasteiger partial charge in [0.15, 0.2) is 0 Å². The summed E-state index contributed by atoms with van der Waals surface area (Å²) in [4.78, 5) is 12.0. The molecule has 2 aromatic rings. The molecule has 0 unspecified atom stereocenters. The molecule has 0 radical (unpaired) electrons. The summed E-state index contributed by atoms with van der Waals surface area (Å²) < 4.78 is 14.1. The molecular weight excluding hydrogens is 339 g/mol. The monoisotopic (exact) mass is 352 g/mol. The quantitative estimate of drug-likeness (QED) is 0.791. The average molecular weight is 353 g/mol. The molecule has 110 valence electrons. The highest BCUT2D eigenvalue weighted by molar-refractivity contribution is 9.10. The molecule has 2 rings (SSSR count). The molecule has 0 bridgehead atoms. The van der Waals surface area contributed by atoms with Gasteiger partial charge in [-0.2, -0.15) is 0 Å². The first-order valence-electron chi connectivity index (χ1n) is 6.25. The number of rotatable bonds is 4. The average Bonchev–Trinajstić information content (AvgIpc) is 2.45. The van der Waals surface area contributed by atoms with E-state index in [1.165, 1.54) is 24.3 Å². The molecule has 0 spiro atoms. The highest BCUT2D eigenvalue weighted by Gasteiger charge is 2.17. The van der Waals surface area contributed by atoms with E-state index in [9.17, 15) is 14.3 Å². The number of phenols is 1. The lowest BCUT2D eigenvalue weighted by Crippen LogP contribution is -2.37. The maximum absolute atomic E-state index is 13.6. The second-order valence-corrected chi connectivity index (χ2v) is 5.42. The van der Waals surface area contributed by atoms with E-state index >= 15 is 0 Å². The normalized spacial score (nSPS) is 12.0. The SMILES string of the molecule is N[C@H](Cc1ccc(O)cc1)C(=O)Nc1c(F)cccc1Br. The molecule has 0 aliphatic rings. The predicted molar refractivity (Wildman–Crippen MR) is 82.5 cm³/mol. The van der Waals surface area contributed by atoms with Crippen molar-refractivity contribution in [1.29, 1.82) is 0 Å². The van der Waals surface area contributed by atoms with E-state index in [0.717, 1.165) is 5.56 Å². The van der Waals surface area contributed by atoms with Crippen molar-refractivity contribution in [3.8, 4) is 5.75 Å². The Morgan fingerprint density at radius 3 is 2.57 bits per heavy atom. The number of phenolic OH excluding ortho intramolecular Hbond substituents is 1. The van der Waals surface area contributed by atoms with E-state index in [-0.39, 0.29) is 17.9 Å². The van der Waals surface area contributed by atoms with Crippen molar-refractivity contribution in [3.05, 3.63) is 58.3 Å². The van der Waals surface area contributed by atoms with Crippen LogP contribution in [0.4, 0.5) is 10.1 Å². The van der Waals surface area contributed by atoms with Gasteiger partial charge in [0.1, 0.15) is 11.6 Å². The van der Waals surface area contributed by atoms with Gasteiger partial charge < -0.3 is 16.2 Å². The van der Waals surface area contributed by atoms with E-state index < -0.39 is 17.8 Å². The number of hydrogen-bond donors (Lipinski definition) is 3. The Kier molecular flexibility index (Phi) is 4.93. The van der Waals surface area contributed by atoms with Gasteiger partial charge in [-0.1, -0.05) is 18.2 Å². The third kappa shape index (κ3) is 4.03. The minimum absolute atomic E-state index is 0.0728. The van der Waals surface area contributed by atoms with E-state index in [1.54, 1.807) is 18.2 Å².